The van der Waals surface area contributed by atoms with Crippen LogP contribution in [-0.4, -0.2) is 59.0 Å². The van der Waals surface area contributed by atoms with Crippen molar-refractivity contribution in [2.24, 2.45) is 0 Å². The molecule has 2 aromatic carbocycles. The van der Waals surface area contributed by atoms with Crippen molar-refractivity contribution >= 4 is 21.6 Å². The molecule has 0 spiro atoms. The molecule has 0 saturated carbocycles. The van der Waals surface area contributed by atoms with Crippen LogP contribution in [0.5, 0.6) is 0 Å². The molecule has 0 aliphatic carbocycles. The lowest BCUT2D eigenvalue weighted by molar-refractivity contribution is 0.0949. The van der Waals surface area contributed by atoms with Crippen molar-refractivity contribution in [1.29, 1.82) is 0 Å². The van der Waals surface area contributed by atoms with Crippen molar-refractivity contribution < 1.29 is 22.3 Å². The molecule has 1 amide bonds. The lowest BCUT2D eigenvalue weighted by atomic mass is 10.1. The Labute approximate surface area is 170 Å². The summed E-state index contributed by atoms with van der Waals surface area (Å²) in [4.78, 5) is 14.9. The van der Waals surface area contributed by atoms with Gasteiger partial charge in [0.2, 0.25) is 10.0 Å². The Bertz CT molecular complexity index is 989. The number of amides is 1. The number of carbonyl (C=O) groups is 1. The van der Waals surface area contributed by atoms with Gasteiger partial charge in [0.1, 0.15) is 5.82 Å². The maximum atomic E-state index is 13.9. The van der Waals surface area contributed by atoms with Crippen LogP contribution in [-0.2, 0) is 21.3 Å². The van der Waals surface area contributed by atoms with Crippen molar-refractivity contribution in [1.82, 2.24) is 9.62 Å². The third-order valence-electron chi connectivity index (χ3n) is 4.74. The molecule has 0 aromatic heterocycles. The van der Waals surface area contributed by atoms with E-state index in [0.29, 0.717) is 37.6 Å². The second kappa shape index (κ2) is 8.89. The maximum Gasteiger partial charge on any atom is 0.253 e. The van der Waals surface area contributed by atoms with Crippen LogP contribution in [0.4, 0.5) is 10.1 Å². The Hall–Kier alpha value is -2.49. The number of hydrogen-bond donors (Lipinski definition) is 1. The largest absolute Gasteiger partial charge is 0.378 e. The number of benzene rings is 2. The van der Waals surface area contributed by atoms with Gasteiger partial charge in [-0.2, -0.15) is 0 Å². The maximum absolute atomic E-state index is 13.9. The van der Waals surface area contributed by atoms with Crippen LogP contribution in [0.2, 0.25) is 0 Å². The van der Waals surface area contributed by atoms with Crippen molar-refractivity contribution in [3.8, 4) is 0 Å². The molecule has 1 aliphatic rings. The predicted molar refractivity (Wildman–Crippen MR) is 108 cm³/mol. The highest BCUT2D eigenvalue weighted by atomic mass is 32.2. The van der Waals surface area contributed by atoms with Gasteiger partial charge in [-0.05, 0) is 24.3 Å². The molecular weight excluding hydrogens is 397 g/mol. The smallest absolute Gasteiger partial charge is 0.253 e. The summed E-state index contributed by atoms with van der Waals surface area (Å²) in [7, 11) is -0.837. The molecule has 1 N–H and O–H groups in total. The molecule has 1 saturated heterocycles. The van der Waals surface area contributed by atoms with Crippen LogP contribution in [0.15, 0.2) is 47.4 Å². The van der Waals surface area contributed by atoms with Gasteiger partial charge in [-0.1, -0.05) is 18.2 Å². The molecule has 0 bridgehead atoms. The lowest BCUT2D eigenvalue weighted by Crippen LogP contribution is -2.38. The quantitative estimate of drug-likeness (QED) is 0.770. The summed E-state index contributed by atoms with van der Waals surface area (Å²) in [6, 6.07) is 10.7. The Morgan fingerprint density at radius 3 is 2.52 bits per heavy atom. The average molecular weight is 421 g/mol. The van der Waals surface area contributed by atoms with Gasteiger partial charge in [0.05, 0.1) is 23.7 Å². The van der Waals surface area contributed by atoms with E-state index in [1.807, 2.05) is 4.90 Å². The van der Waals surface area contributed by atoms with Crippen molar-refractivity contribution in [3.63, 3.8) is 0 Å². The molecule has 0 radical (unpaired) electrons. The molecule has 0 atom stereocenters. The second-order valence-electron chi connectivity index (χ2n) is 6.84. The van der Waals surface area contributed by atoms with E-state index in [9.17, 15) is 17.6 Å². The average Bonchev–Trinajstić information content (AvgIpc) is 2.73. The number of rotatable bonds is 6. The lowest BCUT2D eigenvalue weighted by Gasteiger charge is -2.30. The van der Waals surface area contributed by atoms with Gasteiger partial charge in [0, 0.05) is 45.0 Å². The summed E-state index contributed by atoms with van der Waals surface area (Å²) in [6.07, 6.45) is 0. The summed E-state index contributed by atoms with van der Waals surface area (Å²) >= 11 is 0. The minimum Gasteiger partial charge on any atom is -0.378 e. The van der Waals surface area contributed by atoms with Crippen LogP contribution in [0.3, 0.4) is 0 Å². The van der Waals surface area contributed by atoms with Crippen LogP contribution in [0.25, 0.3) is 0 Å². The van der Waals surface area contributed by atoms with Crippen molar-refractivity contribution in [3.05, 3.63) is 59.4 Å². The number of halogens is 1. The van der Waals surface area contributed by atoms with Crippen LogP contribution >= 0.6 is 0 Å². The van der Waals surface area contributed by atoms with E-state index < -0.39 is 21.7 Å². The SMILES string of the molecule is CN(C)S(=O)(=O)c1ccc(N2CCOCC2)c(C(=O)NCc2ccccc2F)c1. The highest BCUT2D eigenvalue weighted by Gasteiger charge is 2.24. The molecule has 1 heterocycles. The molecule has 1 aliphatic heterocycles. The number of hydrogen-bond acceptors (Lipinski definition) is 5. The number of morpholine rings is 1. The minimum absolute atomic E-state index is 0.00127. The van der Waals surface area contributed by atoms with Gasteiger partial charge in [0.15, 0.2) is 0 Å². The molecule has 1 fully saturated rings. The van der Waals surface area contributed by atoms with Gasteiger partial charge in [-0.15, -0.1) is 0 Å². The number of carbonyl (C=O) groups excluding carboxylic acids is 1. The fourth-order valence-corrected chi connectivity index (χ4v) is 3.99. The van der Waals surface area contributed by atoms with E-state index in [4.69, 9.17) is 4.74 Å². The molecule has 156 valence electrons. The topological polar surface area (TPSA) is 79.0 Å². The van der Waals surface area contributed by atoms with Gasteiger partial charge in [-0.25, -0.2) is 17.1 Å². The molecular formula is C20H24FN3O4S. The normalized spacial score (nSPS) is 14.8. The van der Waals surface area contributed by atoms with E-state index in [-0.39, 0.29) is 17.0 Å². The fraction of sp³-hybridized carbons (Fsp3) is 0.350. The molecule has 3 rings (SSSR count). The van der Waals surface area contributed by atoms with Gasteiger partial charge in [0.25, 0.3) is 5.91 Å². The van der Waals surface area contributed by atoms with Crippen LogP contribution < -0.4 is 10.2 Å². The van der Waals surface area contributed by atoms with Gasteiger partial charge in [-0.3, -0.25) is 4.79 Å². The first-order valence-electron chi connectivity index (χ1n) is 9.21. The van der Waals surface area contributed by atoms with Crippen molar-refractivity contribution in [2.45, 2.75) is 11.4 Å². The van der Waals surface area contributed by atoms with E-state index in [2.05, 4.69) is 5.32 Å². The first kappa shape index (κ1) is 21.2. The first-order chi connectivity index (χ1) is 13.8. The highest BCUT2D eigenvalue weighted by Crippen LogP contribution is 2.26. The summed E-state index contributed by atoms with van der Waals surface area (Å²) < 4.78 is 45.4. The Morgan fingerprint density at radius 2 is 1.86 bits per heavy atom. The summed E-state index contributed by atoms with van der Waals surface area (Å²) in [5.74, 6) is -0.879. The molecule has 7 nitrogen and oxygen atoms in total. The van der Waals surface area contributed by atoms with Gasteiger partial charge >= 0.3 is 0 Å². The van der Waals surface area contributed by atoms with Gasteiger partial charge < -0.3 is 15.0 Å². The first-order valence-corrected chi connectivity index (χ1v) is 10.7. The molecule has 29 heavy (non-hydrogen) atoms. The summed E-state index contributed by atoms with van der Waals surface area (Å²) in [5.41, 5.74) is 1.20. The Kier molecular flexibility index (Phi) is 6.51. The third kappa shape index (κ3) is 4.75. The summed E-state index contributed by atoms with van der Waals surface area (Å²) in [6.45, 7) is 2.22. The van der Waals surface area contributed by atoms with E-state index in [1.54, 1.807) is 24.3 Å². The second-order valence-corrected chi connectivity index (χ2v) is 8.99. The highest BCUT2D eigenvalue weighted by molar-refractivity contribution is 7.89. The zero-order valence-electron chi connectivity index (χ0n) is 16.4. The number of anilines is 1. The standard InChI is InChI=1S/C20H24FN3O4S/c1-23(2)29(26,27)16-7-8-19(24-9-11-28-12-10-24)17(13-16)20(25)22-14-15-5-3-4-6-18(15)21/h3-8,13H,9-12,14H2,1-2H3,(H,22,25). The molecule has 0 unspecified atom stereocenters. The zero-order chi connectivity index (χ0) is 21.0. The van der Waals surface area contributed by atoms with Crippen molar-refractivity contribution in [2.75, 3.05) is 45.3 Å². The predicted octanol–water partition coefficient (Wildman–Crippen LogP) is 1.84. The summed E-state index contributed by atoms with van der Waals surface area (Å²) in [5, 5.41) is 2.70. The molecule has 9 heteroatoms. The third-order valence-corrected chi connectivity index (χ3v) is 6.55. The monoisotopic (exact) mass is 421 g/mol. The number of ether oxygens (including phenoxy) is 1. The number of sulfonamides is 1. The number of nitrogens with zero attached hydrogens (tertiary/aromatic N) is 2. The van der Waals surface area contributed by atoms with Crippen LogP contribution in [0, 0.1) is 5.82 Å². The Balaban J connectivity index is 1.94. The minimum atomic E-state index is -3.70. The zero-order valence-corrected chi connectivity index (χ0v) is 17.2. The van der Waals surface area contributed by atoms with E-state index in [1.165, 1.54) is 32.3 Å². The molecule has 2 aromatic rings. The Morgan fingerprint density at radius 1 is 1.17 bits per heavy atom. The fourth-order valence-electron chi connectivity index (χ4n) is 3.06. The van der Waals surface area contributed by atoms with Crippen LogP contribution in [0.1, 0.15) is 15.9 Å². The van der Waals surface area contributed by atoms with E-state index in [0.717, 1.165) is 4.31 Å². The number of nitrogens with one attached hydrogen (secondary N) is 1. The van der Waals surface area contributed by atoms with E-state index >= 15 is 0 Å².